The maximum Gasteiger partial charge on any atom is 0.227 e. The van der Waals surface area contributed by atoms with Crippen LogP contribution in [0.25, 0.3) is 0 Å². The molecule has 0 radical (unpaired) electrons. The maximum atomic E-state index is 12.7. The summed E-state index contributed by atoms with van der Waals surface area (Å²) in [4.78, 5) is 27.9. The minimum Gasteiger partial charge on any atom is -0.359 e. The molecular weight excluding hydrogens is 314 g/mol. The van der Waals surface area contributed by atoms with Crippen molar-refractivity contribution in [3.63, 3.8) is 0 Å². The number of nitrogens with zero attached hydrogens (tertiary/aromatic N) is 4. The van der Waals surface area contributed by atoms with Crippen molar-refractivity contribution in [2.75, 3.05) is 25.0 Å². The average Bonchev–Trinajstić information content (AvgIpc) is 2.69. The summed E-state index contributed by atoms with van der Waals surface area (Å²) in [6.45, 7) is 1.60. The first kappa shape index (κ1) is 17.3. The average molecular weight is 339 g/mol. The van der Waals surface area contributed by atoms with Gasteiger partial charge in [-0.3, -0.25) is 14.8 Å². The zero-order valence-electron chi connectivity index (χ0n) is 14.7. The van der Waals surface area contributed by atoms with Gasteiger partial charge in [0.25, 0.3) is 0 Å². The predicted molar refractivity (Wildman–Crippen MR) is 97.2 cm³/mol. The summed E-state index contributed by atoms with van der Waals surface area (Å²) in [6, 6.07) is 5.97. The number of rotatable bonds is 6. The van der Waals surface area contributed by atoms with E-state index in [9.17, 15) is 4.79 Å². The second-order valence-electron chi connectivity index (χ2n) is 6.62. The smallest absolute Gasteiger partial charge is 0.227 e. The first-order valence-corrected chi connectivity index (χ1v) is 8.87. The predicted octanol–water partition coefficient (Wildman–Crippen LogP) is 2.23. The summed E-state index contributed by atoms with van der Waals surface area (Å²) in [5.41, 5.74) is 0.704. The SMILES string of the molecule is CNC(=O)C1(CCCc2ccccn2)CCCN(c2cnccn2)C1. The Bertz CT molecular complexity index is 679. The summed E-state index contributed by atoms with van der Waals surface area (Å²) in [5.74, 6) is 0.974. The van der Waals surface area contributed by atoms with E-state index in [0.29, 0.717) is 6.54 Å². The molecule has 2 aromatic heterocycles. The molecule has 6 nitrogen and oxygen atoms in total. The third-order valence-corrected chi connectivity index (χ3v) is 4.97. The van der Waals surface area contributed by atoms with Gasteiger partial charge in [0.05, 0.1) is 11.6 Å². The van der Waals surface area contributed by atoms with Gasteiger partial charge >= 0.3 is 0 Å². The molecule has 3 rings (SSSR count). The fraction of sp³-hybridized carbons (Fsp3) is 0.474. The van der Waals surface area contributed by atoms with Gasteiger partial charge in [0.1, 0.15) is 5.82 Å². The highest BCUT2D eigenvalue weighted by Crippen LogP contribution is 2.36. The fourth-order valence-electron chi connectivity index (χ4n) is 3.70. The third kappa shape index (κ3) is 4.13. The Morgan fingerprint density at radius 3 is 2.92 bits per heavy atom. The zero-order valence-corrected chi connectivity index (χ0v) is 14.7. The van der Waals surface area contributed by atoms with E-state index >= 15 is 0 Å². The van der Waals surface area contributed by atoms with Crippen LogP contribution in [-0.4, -0.2) is 41.0 Å². The number of hydrogen-bond acceptors (Lipinski definition) is 5. The van der Waals surface area contributed by atoms with Crippen LogP contribution in [0.2, 0.25) is 0 Å². The lowest BCUT2D eigenvalue weighted by molar-refractivity contribution is -0.131. The van der Waals surface area contributed by atoms with Crippen molar-refractivity contribution in [2.45, 2.75) is 32.1 Å². The number of carbonyl (C=O) groups is 1. The Labute approximate surface area is 148 Å². The van der Waals surface area contributed by atoms with Crippen LogP contribution in [0.1, 0.15) is 31.4 Å². The molecule has 6 heteroatoms. The van der Waals surface area contributed by atoms with E-state index in [2.05, 4.69) is 25.2 Å². The Kier molecular flexibility index (Phi) is 5.58. The topological polar surface area (TPSA) is 71.0 Å². The molecule has 0 aliphatic carbocycles. The van der Waals surface area contributed by atoms with E-state index in [1.165, 1.54) is 0 Å². The summed E-state index contributed by atoms with van der Waals surface area (Å²) in [6.07, 6.45) is 11.5. The molecule has 1 amide bonds. The highest BCUT2D eigenvalue weighted by molar-refractivity contribution is 5.83. The first-order valence-electron chi connectivity index (χ1n) is 8.87. The van der Waals surface area contributed by atoms with Gasteiger partial charge in [0, 0.05) is 44.4 Å². The van der Waals surface area contributed by atoms with Crippen molar-refractivity contribution in [3.05, 3.63) is 48.7 Å². The van der Waals surface area contributed by atoms with Crippen LogP contribution in [0, 0.1) is 5.41 Å². The zero-order chi connectivity index (χ0) is 17.5. The normalized spacial score (nSPS) is 20.3. The molecule has 3 heterocycles. The lowest BCUT2D eigenvalue weighted by Gasteiger charge is -2.42. The number of nitrogens with one attached hydrogen (secondary N) is 1. The van der Waals surface area contributed by atoms with E-state index in [1.807, 2.05) is 24.4 Å². The van der Waals surface area contributed by atoms with E-state index < -0.39 is 0 Å². The Morgan fingerprint density at radius 1 is 1.28 bits per heavy atom. The lowest BCUT2D eigenvalue weighted by atomic mass is 9.75. The molecular formula is C19H25N5O. The first-order chi connectivity index (χ1) is 12.2. The molecule has 1 unspecified atom stereocenters. The number of aryl methyl sites for hydroxylation is 1. The number of anilines is 1. The molecule has 1 fully saturated rings. The third-order valence-electron chi connectivity index (χ3n) is 4.97. The molecule has 25 heavy (non-hydrogen) atoms. The van der Waals surface area contributed by atoms with E-state index in [-0.39, 0.29) is 11.3 Å². The molecule has 1 aliphatic heterocycles. The van der Waals surface area contributed by atoms with Crippen LogP contribution in [0.5, 0.6) is 0 Å². The largest absolute Gasteiger partial charge is 0.359 e. The highest BCUT2D eigenvalue weighted by Gasteiger charge is 2.41. The number of piperidine rings is 1. The van der Waals surface area contributed by atoms with Gasteiger partial charge < -0.3 is 10.2 Å². The number of pyridine rings is 1. The number of carbonyl (C=O) groups excluding carboxylic acids is 1. The van der Waals surface area contributed by atoms with Gasteiger partial charge in [0.15, 0.2) is 0 Å². The van der Waals surface area contributed by atoms with Gasteiger partial charge in [-0.15, -0.1) is 0 Å². The molecule has 1 atom stereocenters. The molecule has 0 saturated carbocycles. The van der Waals surface area contributed by atoms with Crippen LogP contribution in [0.15, 0.2) is 43.0 Å². The Hall–Kier alpha value is -2.50. The van der Waals surface area contributed by atoms with E-state index in [4.69, 9.17) is 0 Å². The molecule has 0 aromatic carbocycles. The molecule has 1 aliphatic rings. The monoisotopic (exact) mass is 339 g/mol. The molecule has 132 valence electrons. The molecule has 0 spiro atoms. The second-order valence-corrected chi connectivity index (χ2v) is 6.62. The number of hydrogen-bond donors (Lipinski definition) is 1. The number of amides is 1. The van der Waals surface area contributed by atoms with Gasteiger partial charge in [-0.1, -0.05) is 6.07 Å². The summed E-state index contributed by atoms with van der Waals surface area (Å²) < 4.78 is 0. The fourth-order valence-corrected chi connectivity index (χ4v) is 3.70. The van der Waals surface area contributed by atoms with Gasteiger partial charge in [-0.05, 0) is 44.2 Å². The standard InChI is InChI=1S/C19H25N5O/c1-20-18(25)19(8-4-7-16-6-2-3-10-22-16)9-5-13-24(15-19)17-14-21-11-12-23-17/h2-3,6,10-12,14H,4-5,7-9,13,15H2,1H3,(H,20,25). The molecule has 1 N–H and O–H groups in total. The van der Waals surface area contributed by atoms with Gasteiger partial charge in [-0.2, -0.15) is 0 Å². The van der Waals surface area contributed by atoms with Crippen molar-refractivity contribution in [1.29, 1.82) is 0 Å². The molecule has 2 aromatic rings. The Morgan fingerprint density at radius 2 is 2.20 bits per heavy atom. The van der Waals surface area contributed by atoms with E-state index in [1.54, 1.807) is 25.6 Å². The van der Waals surface area contributed by atoms with Crippen LogP contribution >= 0.6 is 0 Å². The number of aromatic nitrogens is 3. The summed E-state index contributed by atoms with van der Waals surface area (Å²) in [5, 5.41) is 2.88. The van der Waals surface area contributed by atoms with Crippen LogP contribution in [0.4, 0.5) is 5.82 Å². The van der Waals surface area contributed by atoms with Crippen LogP contribution < -0.4 is 10.2 Å². The molecule has 1 saturated heterocycles. The van der Waals surface area contributed by atoms with Crippen LogP contribution in [0.3, 0.4) is 0 Å². The quantitative estimate of drug-likeness (QED) is 0.874. The minimum absolute atomic E-state index is 0.127. The lowest BCUT2D eigenvalue weighted by Crippen LogP contribution is -2.51. The van der Waals surface area contributed by atoms with Gasteiger partial charge in [-0.25, -0.2) is 4.98 Å². The van der Waals surface area contributed by atoms with Crippen molar-refractivity contribution < 1.29 is 4.79 Å². The minimum atomic E-state index is -0.376. The highest BCUT2D eigenvalue weighted by atomic mass is 16.2. The second kappa shape index (κ2) is 8.05. The van der Waals surface area contributed by atoms with Crippen molar-refractivity contribution in [2.24, 2.45) is 5.41 Å². The van der Waals surface area contributed by atoms with Crippen molar-refractivity contribution in [3.8, 4) is 0 Å². The summed E-state index contributed by atoms with van der Waals surface area (Å²) >= 11 is 0. The summed E-state index contributed by atoms with van der Waals surface area (Å²) in [7, 11) is 1.73. The maximum absolute atomic E-state index is 12.7. The van der Waals surface area contributed by atoms with Crippen LogP contribution in [-0.2, 0) is 11.2 Å². The molecule has 0 bridgehead atoms. The van der Waals surface area contributed by atoms with Crippen molar-refractivity contribution >= 4 is 11.7 Å². The van der Waals surface area contributed by atoms with Crippen molar-refractivity contribution in [1.82, 2.24) is 20.3 Å². The van der Waals surface area contributed by atoms with E-state index in [0.717, 1.165) is 50.2 Å². The van der Waals surface area contributed by atoms with Gasteiger partial charge in [0.2, 0.25) is 5.91 Å². The Balaban J connectivity index is 1.70.